The van der Waals surface area contributed by atoms with Crippen molar-refractivity contribution < 1.29 is 13.7 Å². The van der Waals surface area contributed by atoms with Crippen molar-refractivity contribution >= 4 is 11.6 Å². The van der Waals surface area contributed by atoms with E-state index in [4.69, 9.17) is 4.52 Å². The summed E-state index contributed by atoms with van der Waals surface area (Å²) >= 11 is 0. The molecule has 3 rings (SSSR count). The van der Waals surface area contributed by atoms with Crippen molar-refractivity contribution in [2.24, 2.45) is 0 Å². The van der Waals surface area contributed by atoms with Gasteiger partial charge in [-0.05, 0) is 39.0 Å². The van der Waals surface area contributed by atoms with E-state index in [-0.39, 0.29) is 17.8 Å². The number of anilines is 1. The van der Waals surface area contributed by atoms with E-state index in [0.29, 0.717) is 5.69 Å². The van der Waals surface area contributed by atoms with E-state index in [2.05, 4.69) is 20.3 Å². The predicted molar refractivity (Wildman–Crippen MR) is 97.3 cm³/mol. The van der Waals surface area contributed by atoms with Gasteiger partial charge in [-0.3, -0.25) is 14.6 Å². The van der Waals surface area contributed by atoms with Crippen molar-refractivity contribution in [3.05, 3.63) is 47.1 Å². The van der Waals surface area contributed by atoms with Gasteiger partial charge < -0.3 is 9.84 Å². The Morgan fingerprint density at radius 1 is 1.31 bits per heavy atom. The molecule has 1 amide bonds. The molecule has 1 unspecified atom stereocenters. The number of halogens is 1. The molecular formula is C19H25FN4O2. The lowest BCUT2D eigenvalue weighted by atomic mass is 10.1. The maximum absolute atomic E-state index is 13.3. The molecule has 2 aromatic rings. The lowest BCUT2D eigenvalue weighted by molar-refractivity contribution is -0.121. The second kappa shape index (κ2) is 7.97. The van der Waals surface area contributed by atoms with Crippen molar-refractivity contribution in [3.8, 4) is 0 Å². The number of hydrogen-bond donors (Lipinski definition) is 1. The summed E-state index contributed by atoms with van der Waals surface area (Å²) in [4.78, 5) is 16.9. The Hall–Kier alpha value is -2.25. The van der Waals surface area contributed by atoms with Gasteiger partial charge in [-0.2, -0.15) is 0 Å². The molecular weight excluding hydrogens is 335 g/mol. The molecule has 1 fully saturated rings. The third kappa shape index (κ3) is 4.28. The summed E-state index contributed by atoms with van der Waals surface area (Å²) in [5.41, 5.74) is 2.57. The van der Waals surface area contributed by atoms with Crippen LogP contribution in [0.15, 0.2) is 28.8 Å². The standard InChI is InChI=1S/C19H25FN4O2/c1-13-18(15(3)26-22-13)12-23-7-9-24(10-8-23)14(2)19(25)21-17-6-4-5-16(20)11-17/h4-6,11,14H,7-10,12H2,1-3H3,(H,21,25). The van der Waals surface area contributed by atoms with E-state index in [1.165, 1.54) is 12.1 Å². The molecule has 0 spiro atoms. The van der Waals surface area contributed by atoms with Crippen LogP contribution in [0.1, 0.15) is 23.9 Å². The van der Waals surface area contributed by atoms with Crippen molar-refractivity contribution in [2.75, 3.05) is 31.5 Å². The Morgan fingerprint density at radius 2 is 2.04 bits per heavy atom. The van der Waals surface area contributed by atoms with Gasteiger partial charge in [0.1, 0.15) is 11.6 Å². The number of aromatic nitrogens is 1. The highest BCUT2D eigenvalue weighted by Gasteiger charge is 2.26. The van der Waals surface area contributed by atoms with Crippen LogP contribution < -0.4 is 5.32 Å². The van der Waals surface area contributed by atoms with Gasteiger partial charge in [0.25, 0.3) is 0 Å². The second-order valence-electron chi connectivity index (χ2n) is 6.79. The first-order chi connectivity index (χ1) is 12.4. The summed E-state index contributed by atoms with van der Waals surface area (Å²) in [5, 5.41) is 6.79. The lowest BCUT2D eigenvalue weighted by Gasteiger charge is -2.37. The maximum Gasteiger partial charge on any atom is 0.241 e. The first-order valence-electron chi connectivity index (χ1n) is 8.88. The Labute approximate surface area is 152 Å². The number of nitrogens with zero attached hydrogens (tertiary/aromatic N) is 3. The highest BCUT2D eigenvalue weighted by atomic mass is 19.1. The number of carbonyl (C=O) groups excluding carboxylic acids is 1. The van der Waals surface area contributed by atoms with E-state index in [9.17, 15) is 9.18 Å². The third-order valence-corrected chi connectivity index (χ3v) is 4.99. The van der Waals surface area contributed by atoms with Crippen molar-refractivity contribution in [1.82, 2.24) is 15.0 Å². The van der Waals surface area contributed by atoms with Gasteiger partial charge in [0.15, 0.2) is 0 Å². The van der Waals surface area contributed by atoms with Gasteiger partial charge >= 0.3 is 0 Å². The molecule has 1 saturated heterocycles. The van der Waals surface area contributed by atoms with Gasteiger partial charge in [0.2, 0.25) is 5.91 Å². The van der Waals surface area contributed by atoms with Crippen molar-refractivity contribution in [3.63, 3.8) is 0 Å². The number of aryl methyl sites for hydroxylation is 2. The highest BCUT2D eigenvalue weighted by molar-refractivity contribution is 5.94. The Balaban J connectivity index is 1.51. The summed E-state index contributed by atoms with van der Waals surface area (Å²) in [6.07, 6.45) is 0. The van der Waals surface area contributed by atoms with Gasteiger partial charge in [0.05, 0.1) is 11.7 Å². The van der Waals surface area contributed by atoms with E-state index in [0.717, 1.165) is 49.7 Å². The Kier molecular flexibility index (Phi) is 5.68. The van der Waals surface area contributed by atoms with Crippen LogP contribution in [0.4, 0.5) is 10.1 Å². The molecule has 7 heteroatoms. The molecule has 0 aliphatic carbocycles. The van der Waals surface area contributed by atoms with Crippen LogP contribution in [0.25, 0.3) is 0 Å². The molecule has 1 aromatic heterocycles. The fourth-order valence-electron chi connectivity index (χ4n) is 3.24. The number of carbonyl (C=O) groups is 1. The SMILES string of the molecule is Cc1noc(C)c1CN1CCN(C(C)C(=O)Nc2cccc(F)c2)CC1. The smallest absolute Gasteiger partial charge is 0.241 e. The largest absolute Gasteiger partial charge is 0.361 e. The zero-order valence-corrected chi connectivity index (χ0v) is 15.5. The third-order valence-electron chi connectivity index (χ3n) is 4.99. The highest BCUT2D eigenvalue weighted by Crippen LogP contribution is 2.17. The van der Waals surface area contributed by atoms with E-state index in [1.54, 1.807) is 12.1 Å². The van der Waals surface area contributed by atoms with Crippen molar-refractivity contribution in [2.45, 2.75) is 33.4 Å². The minimum atomic E-state index is -0.358. The molecule has 1 aromatic carbocycles. The van der Waals surface area contributed by atoms with Crippen LogP contribution in [0.2, 0.25) is 0 Å². The average molecular weight is 360 g/mol. The summed E-state index contributed by atoms with van der Waals surface area (Å²) in [5.74, 6) is 0.394. The maximum atomic E-state index is 13.3. The molecule has 1 N–H and O–H groups in total. The van der Waals surface area contributed by atoms with E-state index in [1.807, 2.05) is 20.8 Å². The van der Waals surface area contributed by atoms with Gasteiger partial charge in [-0.1, -0.05) is 11.2 Å². The van der Waals surface area contributed by atoms with Crippen LogP contribution in [-0.4, -0.2) is 53.1 Å². The molecule has 0 bridgehead atoms. The fraction of sp³-hybridized carbons (Fsp3) is 0.474. The van der Waals surface area contributed by atoms with Crippen LogP contribution in [0, 0.1) is 19.7 Å². The zero-order chi connectivity index (χ0) is 18.7. The number of nitrogens with one attached hydrogen (secondary N) is 1. The number of hydrogen-bond acceptors (Lipinski definition) is 5. The number of amides is 1. The minimum absolute atomic E-state index is 0.116. The molecule has 1 aliphatic rings. The normalized spacial score (nSPS) is 17.2. The number of piperazine rings is 1. The lowest BCUT2D eigenvalue weighted by Crippen LogP contribution is -2.52. The van der Waals surface area contributed by atoms with Crippen LogP contribution in [-0.2, 0) is 11.3 Å². The van der Waals surface area contributed by atoms with Crippen LogP contribution in [0.3, 0.4) is 0 Å². The van der Waals surface area contributed by atoms with Crippen molar-refractivity contribution in [1.29, 1.82) is 0 Å². The second-order valence-corrected chi connectivity index (χ2v) is 6.79. The average Bonchev–Trinajstić information content (AvgIpc) is 2.94. The van der Waals surface area contributed by atoms with Crippen LogP contribution >= 0.6 is 0 Å². The molecule has 140 valence electrons. The summed E-state index contributed by atoms with van der Waals surface area (Å²) in [6, 6.07) is 5.70. The Morgan fingerprint density at radius 3 is 2.65 bits per heavy atom. The first-order valence-corrected chi connectivity index (χ1v) is 8.88. The number of rotatable bonds is 5. The summed E-state index contributed by atoms with van der Waals surface area (Å²) in [6.45, 7) is 9.97. The Bertz CT molecular complexity index is 749. The van der Waals surface area contributed by atoms with E-state index < -0.39 is 0 Å². The first kappa shape index (κ1) is 18.5. The van der Waals surface area contributed by atoms with Gasteiger partial charge in [0, 0.05) is 44.0 Å². The number of benzene rings is 1. The summed E-state index contributed by atoms with van der Waals surface area (Å²) in [7, 11) is 0. The van der Waals surface area contributed by atoms with Crippen LogP contribution in [0.5, 0.6) is 0 Å². The molecule has 26 heavy (non-hydrogen) atoms. The van der Waals surface area contributed by atoms with E-state index >= 15 is 0 Å². The molecule has 1 aliphatic heterocycles. The summed E-state index contributed by atoms with van der Waals surface area (Å²) < 4.78 is 18.5. The minimum Gasteiger partial charge on any atom is -0.361 e. The quantitative estimate of drug-likeness (QED) is 0.888. The van der Waals surface area contributed by atoms with Gasteiger partial charge in [-0.25, -0.2) is 4.39 Å². The molecule has 2 heterocycles. The fourth-order valence-corrected chi connectivity index (χ4v) is 3.24. The topological polar surface area (TPSA) is 61.6 Å². The molecule has 1 atom stereocenters. The zero-order valence-electron chi connectivity index (χ0n) is 15.5. The monoisotopic (exact) mass is 360 g/mol. The van der Waals surface area contributed by atoms with Gasteiger partial charge in [-0.15, -0.1) is 0 Å². The predicted octanol–water partition coefficient (Wildman–Crippen LogP) is 2.58. The molecule has 0 saturated carbocycles. The molecule has 6 nitrogen and oxygen atoms in total. The molecule has 0 radical (unpaired) electrons.